The summed E-state index contributed by atoms with van der Waals surface area (Å²) >= 11 is 0. The molecule has 3 heteroatoms. The van der Waals surface area contributed by atoms with Gasteiger partial charge in [0.1, 0.15) is 0 Å². The van der Waals surface area contributed by atoms with Gasteiger partial charge in [-0.1, -0.05) is 24.3 Å². The van der Waals surface area contributed by atoms with Crippen molar-refractivity contribution >= 4 is 16.9 Å². The van der Waals surface area contributed by atoms with E-state index in [-0.39, 0.29) is 5.97 Å². The molecule has 1 aromatic heterocycles. The van der Waals surface area contributed by atoms with Crippen molar-refractivity contribution in [2.24, 2.45) is 0 Å². The molecule has 2 aromatic rings. The van der Waals surface area contributed by atoms with Crippen molar-refractivity contribution in [1.29, 1.82) is 0 Å². The summed E-state index contributed by atoms with van der Waals surface area (Å²) in [7, 11) is 1.39. The maximum absolute atomic E-state index is 11.6. The molecule has 1 heterocycles. The number of fused-ring (bicyclic) bond motifs is 1. The summed E-state index contributed by atoms with van der Waals surface area (Å²) < 4.78 is 4.75. The molecule has 88 valence electrons. The lowest BCUT2D eigenvalue weighted by Crippen LogP contribution is -1.99. The van der Waals surface area contributed by atoms with Crippen molar-refractivity contribution < 1.29 is 9.53 Å². The minimum Gasteiger partial charge on any atom is -0.465 e. The van der Waals surface area contributed by atoms with Gasteiger partial charge in [0.05, 0.1) is 12.7 Å². The Morgan fingerprint density at radius 2 is 2.35 bits per heavy atom. The number of esters is 1. The summed E-state index contributed by atoms with van der Waals surface area (Å²) in [4.78, 5) is 14.7. The standard InChI is InChI=1S/C14H15NO2/c1-3-4-6-10-7-5-8-11-12(14(16)17-2)9-15-13(10)11/h3,5,7-9,15H,1,4,6H2,2H3. The van der Waals surface area contributed by atoms with Crippen molar-refractivity contribution in [3.05, 3.63) is 48.2 Å². The highest BCUT2D eigenvalue weighted by Crippen LogP contribution is 2.23. The number of hydrogen-bond acceptors (Lipinski definition) is 2. The molecule has 0 amide bonds. The van der Waals surface area contributed by atoms with E-state index in [0.29, 0.717) is 5.56 Å². The van der Waals surface area contributed by atoms with E-state index in [2.05, 4.69) is 17.6 Å². The van der Waals surface area contributed by atoms with Crippen LogP contribution in [-0.4, -0.2) is 18.1 Å². The molecule has 0 saturated heterocycles. The predicted octanol–water partition coefficient (Wildman–Crippen LogP) is 3.07. The van der Waals surface area contributed by atoms with E-state index in [1.54, 1.807) is 6.20 Å². The van der Waals surface area contributed by atoms with Crippen LogP contribution in [0.5, 0.6) is 0 Å². The zero-order valence-corrected chi connectivity index (χ0v) is 9.82. The average Bonchev–Trinajstić information content (AvgIpc) is 2.79. The normalized spacial score (nSPS) is 10.4. The van der Waals surface area contributed by atoms with Crippen molar-refractivity contribution in [2.45, 2.75) is 12.8 Å². The van der Waals surface area contributed by atoms with Gasteiger partial charge in [0.15, 0.2) is 0 Å². The first-order valence-corrected chi connectivity index (χ1v) is 5.56. The largest absolute Gasteiger partial charge is 0.465 e. The van der Waals surface area contributed by atoms with Crippen molar-refractivity contribution in [3.63, 3.8) is 0 Å². The first kappa shape index (κ1) is 11.5. The fraction of sp³-hybridized carbons (Fsp3) is 0.214. The van der Waals surface area contributed by atoms with Gasteiger partial charge in [0.2, 0.25) is 0 Å². The van der Waals surface area contributed by atoms with Gasteiger partial charge in [-0.05, 0) is 18.4 Å². The molecule has 1 aromatic carbocycles. The number of carbonyl (C=O) groups is 1. The Kier molecular flexibility index (Phi) is 3.28. The van der Waals surface area contributed by atoms with Gasteiger partial charge in [0, 0.05) is 17.1 Å². The Hall–Kier alpha value is -2.03. The van der Waals surface area contributed by atoms with Crippen molar-refractivity contribution in [1.82, 2.24) is 4.98 Å². The van der Waals surface area contributed by atoms with Crippen molar-refractivity contribution in [3.8, 4) is 0 Å². The second-order valence-electron chi connectivity index (χ2n) is 3.86. The number of H-pyrrole nitrogens is 1. The van der Waals surface area contributed by atoms with Gasteiger partial charge in [-0.2, -0.15) is 0 Å². The zero-order chi connectivity index (χ0) is 12.3. The molecule has 0 aliphatic heterocycles. The molecule has 0 unspecified atom stereocenters. The Balaban J connectivity index is 2.48. The number of hydrogen-bond donors (Lipinski definition) is 1. The number of aromatic amines is 1. The lowest BCUT2D eigenvalue weighted by Gasteiger charge is -2.01. The molecule has 17 heavy (non-hydrogen) atoms. The van der Waals surface area contributed by atoms with Crippen LogP contribution in [0.3, 0.4) is 0 Å². The number of para-hydroxylation sites is 1. The van der Waals surface area contributed by atoms with Crippen LogP contribution in [0.15, 0.2) is 37.1 Å². The van der Waals surface area contributed by atoms with E-state index < -0.39 is 0 Å². The highest BCUT2D eigenvalue weighted by Gasteiger charge is 2.13. The van der Waals surface area contributed by atoms with E-state index in [4.69, 9.17) is 4.74 Å². The molecule has 0 spiro atoms. The molecule has 0 aliphatic rings. The number of aryl methyl sites for hydroxylation is 1. The molecular formula is C14H15NO2. The number of nitrogens with one attached hydrogen (secondary N) is 1. The fourth-order valence-electron chi connectivity index (χ4n) is 1.96. The van der Waals surface area contributed by atoms with Crippen molar-refractivity contribution in [2.75, 3.05) is 7.11 Å². The highest BCUT2D eigenvalue weighted by molar-refractivity contribution is 6.04. The minimum absolute atomic E-state index is 0.308. The second kappa shape index (κ2) is 4.87. The predicted molar refractivity (Wildman–Crippen MR) is 68.2 cm³/mol. The molecular weight excluding hydrogens is 214 g/mol. The monoisotopic (exact) mass is 229 g/mol. The first-order chi connectivity index (χ1) is 8.27. The Labute approximate surface area is 100 Å². The Morgan fingerprint density at radius 1 is 1.53 bits per heavy atom. The lowest BCUT2D eigenvalue weighted by molar-refractivity contribution is 0.0603. The van der Waals surface area contributed by atoms with Crippen LogP contribution in [0, 0.1) is 0 Å². The van der Waals surface area contributed by atoms with E-state index in [1.807, 2.05) is 18.2 Å². The van der Waals surface area contributed by atoms with E-state index in [0.717, 1.165) is 23.7 Å². The number of rotatable bonds is 4. The third-order valence-electron chi connectivity index (χ3n) is 2.82. The molecule has 3 nitrogen and oxygen atoms in total. The van der Waals surface area contributed by atoms with Crippen LogP contribution >= 0.6 is 0 Å². The van der Waals surface area contributed by atoms with Crippen LogP contribution in [0.4, 0.5) is 0 Å². The summed E-state index contributed by atoms with van der Waals surface area (Å²) in [5, 5.41) is 0.915. The summed E-state index contributed by atoms with van der Waals surface area (Å²) in [6.45, 7) is 3.72. The second-order valence-corrected chi connectivity index (χ2v) is 3.86. The number of benzene rings is 1. The summed E-state index contributed by atoms with van der Waals surface area (Å²) in [5.74, 6) is -0.308. The smallest absolute Gasteiger partial charge is 0.340 e. The molecule has 0 fully saturated rings. The molecule has 0 aliphatic carbocycles. The van der Waals surface area contributed by atoms with E-state index >= 15 is 0 Å². The van der Waals surface area contributed by atoms with Crippen LogP contribution in [-0.2, 0) is 11.2 Å². The zero-order valence-electron chi connectivity index (χ0n) is 9.82. The lowest BCUT2D eigenvalue weighted by atomic mass is 10.0. The Morgan fingerprint density at radius 3 is 3.06 bits per heavy atom. The highest BCUT2D eigenvalue weighted by atomic mass is 16.5. The third kappa shape index (κ3) is 2.09. The van der Waals surface area contributed by atoms with Gasteiger partial charge in [-0.15, -0.1) is 6.58 Å². The number of ether oxygens (including phenoxy) is 1. The van der Waals surface area contributed by atoms with Gasteiger partial charge < -0.3 is 9.72 Å². The first-order valence-electron chi connectivity index (χ1n) is 5.56. The van der Waals surface area contributed by atoms with Gasteiger partial charge in [-0.3, -0.25) is 0 Å². The summed E-state index contributed by atoms with van der Waals surface area (Å²) in [6, 6.07) is 5.94. The van der Waals surface area contributed by atoms with E-state index in [9.17, 15) is 4.79 Å². The van der Waals surface area contributed by atoms with E-state index in [1.165, 1.54) is 12.7 Å². The van der Waals surface area contributed by atoms with Gasteiger partial charge >= 0.3 is 5.97 Å². The van der Waals surface area contributed by atoms with Crippen LogP contribution < -0.4 is 0 Å². The maximum Gasteiger partial charge on any atom is 0.340 e. The fourth-order valence-corrected chi connectivity index (χ4v) is 1.96. The number of aromatic nitrogens is 1. The van der Waals surface area contributed by atoms with Gasteiger partial charge in [0.25, 0.3) is 0 Å². The molecule has 0 saturated carbocycles. The van der Waals surface area contributed by atoms with Crippen LogP contribution in [0.1, 0.15) is 22.3 Å². The Bertz CT molecular complexity index is 554. The average molecular weight is 229 g/mol. The molecule has 0 radical (unpaired) electrons. The number of methoxy groups -OCH3 is 1. The number of carbonyl (C=O) groups excluding carboxylic acids is 1. The number of allylic oxidation sites excluding steroid dienone is 1. The third-order valence-corrected chi connectivity index (χ3v) is 2.82. The van der Waals surface area contributed by atoms with Crippen LogP contribution in [0.2, 0.25) is 0 Å². The quantitative estimate of drug-likeness (QED) is 0.646. The minimum atomic E-state index is -0.308. The maximum atomic E-state index is 11.6. The summed E-state index contributed by atoms with van der Waals surface area (Å²) in [6.07, 6.45) is 5.44. The topological polar surface area (TPSA) is 42.1 Å². The summed E-state index contributed by atoms with van der Waals surface area (Å²) in [5.41, 5.74) is 2.79. The SMILES string of the molecule is C=CCCc1cccc2c(C(=O)OC)c[nH]c12. The molecule has 0 bridgehead atoms. The molecule has 1 N–H and O–H groups in total. The molecule has 0 atom stereocenters. The van der Waals surface area contributed by atoms with Gasteiger partial charge in [-0.25, -0.2) is 4.79 Å². The van der Waals surface area contributed by atoms with Crippen LogP contribution in [0.25, 0.3) is 10.9 Å². The molecule has 2 rings (SSSR count).